The molecule has 0 spiro atoms. The summed E-state index contributed by atoms with van der Waals surface area (Å²) in [5, 5.41) is 10.8. The second-order valence-electron chi connectivity index (χ2n) is 10.7. The first-order chi connectivity index (χ1) is 14.9. The first-order valence-corrected chi connectivity index (χ1v) is 14.0. The first kappa shape index (κ1) is 29.8. The van der Waals surface area contributed by atoms with Gasteiger partial charge in [0.25, 0.3) is 0 Å². The van der Waals surface area contributed by atoms with Crippen LogP contribution in [0.1, 0.15) is 112 Å². The van der Waals surface area contributed by atoms with E-state index in [1.54, 1.807) is 6.92 Å². The molecule has 3 atom stereocenters. The van der Waals surface area contributed by atoms with Crippen LogP contribution in [0, 0.1) is 17.8 Å². The van der Waals surface area contributed by atoms with E-state index in [2.05, 4.69) is 59.6 Å². The average molecular weight is 576 g/mol. The smallest absolute Gasteiger partial charge is 0.207 e. The van der Waals surface area contributed by atoms with Crippen LogP contribution in [0.4, 0.5) is 0 Å². The number of hydrogen-bond donors (Lipinski definition) is 1. The summed E-state index contributed by atoms with van der Waals surface area (Å²) >= 11 is 6.49. The lowest BCUT2D eigenvalue weighted by atomic mass is 9.86. The Kier molecular flexibility index (Phi) is 13.2. The van der Waals surface area contributed by atoms with Crippen LogP contribution in [0.2, 0.25) is 0 Å². The maximum Gasteiger partial charge on any atom is 0.207 e. The minimum absolute atomic E-state index is 0.119. The highest BCUT2D eigenvalue weighted by Crippen LogP contribution is 2.35. The summed E-state index contributed by atoms with van der Waals surface area (Å²) in [6.07, 6.45) is 11.6. The lowest BCUT2D eigenvalue weighted by Gasteiger charge is -2.25. The van der Waals surface area contributed by atoms with Crippen LogP contribution >= 0.6 is 31.9 Å². The van der Waals surface area contributed by atoms with Gasteiger partial charge in [0, 0.05) is 11.1 Å². The molecule has 0 saturated carbocycles. The summed E-state index contributed by atoms with van der Waals surface area (Å²) < 4.78 is 0.645. The summed E-state index contributed by atoms with van der Waals surface area (Å²) in [6, 6.07) is 0. The highest BCUT2D eigenvalue weighted by molar-refractivity contribution is 9.13. The summed E-state index contributed by atoms with van der Waals surface area (Å²) in [4.78, 5) is 24.8. The fourth-order valence-corrected chi connectivity index (χ4v) is 5.60. The molecule has 1 rings (SSSR count). The van der Waals surface area contributed by atoms with E-state index in [0.29, 0.717) is 45.3 Å². The lowest BCUT2D eigenvalue weighted by molar-refractivity contribution is -0.115. The first-order valence-electron chi connectivity index (χ1n) is 12.4. The summed E-state index contributed by atoms with van der Waals surface area (Å²) in [5.74, 6) is 1.99. The van der Waals surface area contributed by atoms with Crippen molar-refractivity contribution in [3.8, 4) is 0 Å². The average Bonchev–Trinajstić information content (AvgIpc) is 2.70. The molecule has 0 bridgehead atoms. The molecule has 1 aliphatic carbocycles. The van der Waals surface area contributed by atoms with E-state index in [1.807, 2.05) is 6.92 Å². The molecule has 184 valence electrons. The molecule has 0 saturated heterocycles. The molecule has 3 nitrogen and oxygen atoms in total. The molecule has 0 radical (unpaired) electrons. The predicted molar refractivity (Wildman–Crippen MR) is 142 cm³/mol. The van der Waals surface area contributed by atoms with Gasteiger partial charge in [-0.3, -0.25) is 9.59 Å². The number of Topliss-reactive ketones (excluding diaryl/α,β-unsaturated/α-hetero) is 2. The number of allylic oxidation sites excluding steroid dienone is 4. The predicted octanol–water partition coefficient (Wildman–Crippen LogP) is 8.43. The van der Waals surface area contributed by atoms with Crippen LogP contribution in [0.3, 0.4) is 0 Å². The Hall–Kier alpha value is -0.260. The number of hydrogen-bond acceptors (Lipinski definition) is 3. The molecule has 0 amide bonds. The van der Waals surface area contributed by atoms with Crippen LogP contribution in [0.15, 0.2) is 20.1 Å². The molecule has 1 N–H and O–H groups in total. The largest absolute Gasteiger partial charge is 0.390 e. The Morgan fingerprint density at radius 2 is 1.28 bits per heavy atom. The maximum atomic E-state index is 12.5. The van der Waals surface area contributed by atoms with Gasteiger partial charge >= 0.3 is 0 Å². The molecule has 0 heterocycles. The van der Waals surface area contributed by atoms with E-state index in [1.165, 1.54) is 38.5 Å². The Bertz CT molecular complexity index is 704. The minimum atomic E-state index is -0.833. The normalized spacial score (nSPS) is 19.1. The molecule has 0 unspecified atom stereocenters. The summed E-state index contributed by atoms with van der Waals surface area (Å²) in [7, 11) is 0. The van der Waals surface area contributed by atoms with Gasteiger partial charge in [0.2, 0.25) is 5.78 Å². The van der Waals surface area contributed by atoms with Gasteiger partial charge in [0.05, 0.1) is 14.6 Å². The molecule has 1 aliphatic rings. The number of halogens is 2. The van der Waals surface area contributed by atoms with Crippen LogP contribution in [-0.4, -0.2) is 22.3 Å². The number of ketones is 2. The zero-order chi connectivity index (χ0) is 24.5. The van der Waals surface area contributed by atoms with Gasteiger partial charge in [-0.1, -0.05) is 79.1 Å². The zero-order valence-electron chi connectivity index (χ0n) is 21.0. The minimum Gasteiger partial charge on any atom is -0.390 e. The number of carbonyl (C=O) groups excluding carboxylic acids is 2. The number of rotatable bonds is 15. The molecule has 5 heteroatoms. The van der Waals surface area contributed by atoms with Crippen molar-refractivity contribution >= 4 is 43.4 Å². The van der Waals surface area contributed by atoms with Gasteiger partial charge in [0.1, 0.15) is 0 Å². The second kappa shape index (κ2) is 14.2. The van der Waals surface area contributed by atoms with Gasteiger partial charge in [-0.15, -0.1) is 0 Å². The third-order valence-corrected chi connectivity index (χ3v) is 8.60. The van der Waals surface area contributed by atoms with E-state index in [-0.39, 0.29) is 11.6 Å². The van der Waals surface area contributed by atoms with Crippen LogP contribution in [0.25, 0.3) is 0 Å². The van der Waals surface area contributed by atoms with Crippen LogP contribution in [0.5, 0.6) is 0 Å². The zero-order valence-corrected chi connectivity index (χ0v) is 24.2. The Morgan fingerprint density at radius 1 is 0.781 bits per heavy atom. The van der Waals surface area contributed by atoms with Crippen LogP contribution < -0.4 is 0 Å². The van der Waals surface area contributed by atoms with Gasteiger partial charge in [-0.25, -0.2) is 0 Å². The van der Waals surface area contributed by atoms with Gasteiger partial charge in [0.15, 0.2) is 5.78 Å². The number of aliphatic hydroxyl groups is 1. The molecule has 32 heavy (non-hydrogen) atoms. The molecular weight excluding hydrogens is 532 g/mol. The van der Waals surface area contributed by atoms with Crippen molar-refractivity contribution in [2.24, 2.45) is 17.8 Å². The van der Waals surface area contributed by atoms with Crippen molar-refractivity contribution in [1.29, 1.82) is 0 Å². The molecule has 0 aromatic heterocycles. The van der Waals surface area contributed by atoms with Gasteiger partial charge in [-0.2, -0.15) is 0 Å². The van der Waals surface area contributed by atoms with Crippen molar-refractivity contribution in [3.63, 3.8) is 0 Å². The SMILES string of the molecule is CC1=C(Br)C(=O)C(Br)=C(CC[C@](C)(O)CCC[C@H](C)CCC[C@H](C)CCCC(C)C)C1=O. The van der Waals surface area contributed by atoms with E-state index in [4.69, 9.17) is 0 Å². The quantitative estimate of drug-likeness (QED) is 0.199. The van der Waals surface area contributed by atoms with E-state index >= 15 is 0 Å². The van der Waals surface area contributed by atoms with Gasteiger partial charge in [-0.05, 0) is 82.7 Å². The fraction of sp³-hybridized carbons (Fsp3) is 0.778. The van der Waals surface area contributed by atoms with Crippen molar-refractivity contribution in [3.05, 3.63) is 20.1 Å². The standard InChI is InChI=1S/C27H44Br2O3/c1-18(2)10-7-11-19(3)12-8-13-20(4)14-9-16-27(6,32)17-15-22-24(29)26(31)23(28)21(5)25(22)30/h18-20,32H,7-17H2,1-6H3/t19-,20-,27-/m1/s1. The van der Waals surface area contributed by atoms with E-state index in [9.17, 15) is 14.7 Å². The highest BCUT2D eigenvalue weighted by Gasteiger charge is 2.31. The van der Waals surface area contributed by atoms with Crippen molar-refractivity contribution in [2.45, 2.75) is 118 Å². The Morgan fingerprint density at radius 3 is 1.81 bits per heavy atom. The summed E-state index contributed by atoms with van der Waals surface area (Å²) in [6.45, 7) is 12.8. The Balaban J connectivity index is 2.32. The highest BCUT2D eigenvalue weighted by atomic mass is 79.9. The maximum absolute atomic E-state index is 12.5. The third-order valence-electron chi connectivity index (χ3n) is 6.81. The van der Waals surface area contributed by atoms with Crippen LogP contribution in [-0.2, 0) is 9.59 Å². The molecule has 0 aliphatic heterocycles. The van der Waals surface area contributed by atoms with E-state index in [0.717, 1.165) is 24.7 Å². The molecule has 0 fully saturated rings. The molecule has 0 aromatic carbocycles. The monoisotopic (exact) mass is 574 g/mol. The van der Waals surface area contributed by atoms with Gasteiger partial charge < -0.3 is 5.11 Å². The van der Waals surface area contributed by atoms with Crippen molar-refractivity contribution < 1.29 is 14.7 Å². The molecule has 0 aromatic rings. The summed E-state index contributed by atoms with van der Waals surface area (Å²) in [5.41, 5.74) is 0.0864. The fourth-order valence-electron chi connectivity index (χ4n) is 4.38. The van der Waals surface area contributed by atoms with E-state index < -0.39 is 5.60 Å². The topological polar surface area (TPSA) is 54.4 Å². The molecular formula is C27H44Br2O3. The third kappa shape index (κ3) is 10.3. The van der Waals surface area contributed by atoms with Crippen molar-refractivity contribution in [1.82, 2.24) is 0 Å². The lowest BCUT2D eigenvalue weighted by Crippen LogP contribution is -2.26. The number of carbonyl (C=O) groups is 2. The van der Waals surface area contributed by atoms with Crippen molar-refractivity contribution in [2.75, 3.05) is 0 Å². The second-order valence-corrected chi connectivity index (χ2v) is 12.3. The Labute approximate surface area is 213 Å².